The molecular weight excluding hydrogens is 236 g/mol. The highest BCUT2D eigenvalue weighted by molar-refractivity contribution is 5.46. The topological polar surface area (TPSA) is 38.5 Å². The molecule has 0 radical (unpaired) electrons. The maximum absolute atomic E-state index is 5.77. The van der Waals surface area contributed by atoms with Crippen molar-refractivity contribution in [3.05, 3.63) is 59.7 Å². The van der Waals surface area contributed by atoms with Crippen molar-refractivity contribution in [3.63, 3.8) is 0 Å². The fourth-order valence-electron chi connectivity index (χ4n) is 1.82. The van der Waals surface area contributed by atoms with Crippen LogP contribution in [0.4, 0.5) is 5.69 Å². The predicted octanol–water partition coefficient (Wildman–Crippen LogP) is 2.79. The number of hydrogen-bond acceptors (Lipinski definition) is 3. The van der Waals surface area contributed by atoms with Gasteiger partial charge in [0.25, 0.3) is 0 Å². The molecule has 0 amide bonds. The highest BCUT2D eigenvalue weighted by atomic mass is 16.5. The average Bonchev–Trinajstić information content (AvgIpc) is 2.46. The Morgan fingerprint density at radius 2 is 1.74 bits per heavy atom. The van der Waals surface area contributed by atoms with Gasteiger partial charge in [-0.25, -0.2) is 0 Å². The van der Waals surface area contributed by atoms with Crippen LogP contribution < -0.4 is 15.4 Å². The Labute approximate surface area is 114 Å². The van der Waals surface area contributed by atoms with Crippen molar-refractivity contribution in [2.75, 3.05) is 19.0 Å². The molecule has 0 spiro atoms. The Balaban J connectivity index is 1.98. The Morgan fingerprint density at radius 1 is 1.00 bits per heavy atom. The standard InChI is InChI=1S/C16H20N2O/c1-18(2)15-8-6-13(7-9-15)12-19-16-5-3-4-14(10-16)11-17/h3-10H,11-12,17H2,1-2H3. The molecule has 0 fully saturated rings. The van der Waals surface area contributed by atoms with Crippen molar-refractivity contribution < 1.29 is 4.74 Å². The molecular formula is C16H20N2O. The molecule has 0 bridgehead atoms. The van der Waals surface area contributed by atoms with Crippen molar-refractivity contribution in [2.24, 2.45) is 5.73 Å². The molecule has 3 nitrogen and oxygen atoms in total. The predicted molar refractivity (Wildman–Crippen MR) is 79.4 cm³/mol. The molecule has 0 aliphatic rings. The molecule has 100 valence electrons. The summed E-state index contributed by atoms with van der Waals surface area (Å²) in [6.45, 7) is 1.11. The first-order chi connectivity index (χ1) is 9.19. The summed E-state index contributed by atoms with van der Waals surface area (Å²) in [7, 11) is 4.06. The fourth-order valence-corrected chi connectivity index (χ4v) is 1.82. The van der Waals surface area contributed by atoms with Crippen molar-refractivity contribution in [1.29, 1.82) is 0 Å². The number of ether oxygens (including phenoxy) is 1. The number of nitrogens with two attached hydrogens (primary N) is 1. The Morgan fingerprint density at radius 3 is 2.37 bits per heavy atom. The van der Waals surface area contributed by atoms with Crippen LogP contribution in [0.1, 0.15) is 11.1 Å². The van der Waals surface area contributed by atoms with Gasteiger partial charge in [-0.15, -0.1) is 0 Å². The number of nitrogens with zero attached hydrogens (tertiary/aromatic N) is 1. The van der Waals surface area contributed by atoms with E-state index in [9.17, 15) is 0 Å². The molecule has 0 saturated carbocycles. The van der Waals surface area contributed by atoms with Crippen LogP contribution in [-0.2, 0) is 13.2 Å². The van der Waals surface area contributed by atoms with Crippen LogP contribution in [0, 0.1) is 0 Å². The monoisotopic (exact) mass is 256 g/mol. The van der Waals surface area contributed by atoms with E-state index in [1.165, 1.54) is 5.69 Å². The van der Waals surface area contributed by atoms with Crippen molar-refractivity contribution in [2.45, 2.75) is 13.2 Å². The molecule has 0 atom stereocenters. The molecule has 2 N–H and O–H groups in total. The lowest BCUT2D eigenvalue weighted by Crippen LogP contribution is -2.08. The van der Waals surface area contributed by atoms with Gasteiger partial charge in [0.1, 0.15) is 12.4 Å². The number of hydrogen-bond donors (Lipinski definition) is 1. The Bertz CT molecular complexity index is 521. The Kier molecular flexibility index (Phi) is 4.42. The first-order valence-electron chi connectivity index (χ1n) is 6.37. The molecule has 0 aromatic heterocycles. The van der Waals surface area contributed by atoms with Crippen LogP contribution in [0.2, 0.25) is 0 Å². The first kappa shape index (κ1) is 13.4. The third-order valence-electron chi connectivity index (χ3n) is 2.99. The SMILES string of the molecule is CN(C)c1ccc(COc2cccc(CN)c2)cc1. The normalized spacial score (nSPS) is 10.3. The summed E-state index contributed by atoms with van der Waals surface area (Å²) in [6, 6.07) is 16.3. The van der Waals surface area contributed by atoms with Gasteiger partial charge in [-0.1, -0.05) is 24.3 Å². The second-order valence-electron chi connectivity index (χ2n) is 4.70. The molecule has 19 heavy (non-hydrogen) atoms. The highest BCUT2D eigenvalue weighted by Gasteiger charge is 1.99. The summed E-state index contributed by atoms with van der Waals surface area (Å²) in [4.78, 5) is 2.08. The minimum atomic E-state index is 0.536. The van der Waals surface area contributed by atoms with Gasteiger partial charge in [0.2, 0.25) is 0 Å². The molecule has 3 heteroatoms. The number of anilines is 1. The molecule has 0 aliphatic heterocycles. The zero-order valence-corrected chi connectivity index (χ0v) is 11.5. The van der Waals surface area contributed by atoms with Gasteiger partial charge in [0, 0.05) is 26.3 Å². The minimum Gasteiger partial charge on any atom is -0.489 e. The zero-order chi connectivity index (χ0) is 13.7. The third-order valence-corrected chi connectivity index (χ3v) is 2.99. The molecule has 0 aliphatic carbocycles. The van der Waals surface area contributed by atoms with Crippen molar-refractivity contribution in [1.82, 2.24) is 0 Å². The molecule has 0 unspecified atom stereocenters. The van der Waals surface area contributed by atoms with Crippen LogP contribution in [0.5, 0.6) is 5.75 Å². The lowest BCUT2D eigenvalue weighted by atomic mass is 10.2. The van der Waals surface area contributed by atoms with Crippen LogP contribution in [0.15, 0.2) is 48.5 Å². The van der Waals surface area contributed by atoms with Gasteiger partial charge < -0.3 is 15.4 Å². The second-order valence-corrected chi connectivity index (χ2v) is 4.70. The summed E-state index contributed by atoms with van der Waals surface area (Å²) >= 11 is 0. The van der Waals surface area contributed by atoms with E-state index < -0.39 is 0 Å². The van der Waals surface area contributed by atoms with Crippen LogP contribution >= 0.6 is 0 Å². The summed E-state index contributed by atoms with van der Waals surface area (Å²) in [5.41, 5.74) is 9.04. The van der Waals surface area contributed by atoms with E-state index in [1.54, 1.807) is 0 Å². The summed E-state index contributed by atoms with van der Waals surface area (Å²) in [5, 5.41) is 0. The molecule has 2 rings (SSSR count). The van der Waals surface area contributed by atoms with Crippen molar-refractivity contribution >= 4 is 5.69 Å². The van der Waals surface area contributed by atoms with E-state index in [2.05, 4.69) is 29.2 Å². The fraction of sp³-hybridized carbons (Fsp3) is 0.250. The van der Waals surface area contributed by atoms with Crippen LogP contribution in [0.25, 0.3) is 0 Å². The van der Waals surface area contributed by atoms with Gasteiger partial charge in [0.05, 0.1) is 0 Å². The second kappa shape index (κ2) is 6.25. The summed E-state index contributed by atoms with van der Waals surface area (Å²) in [6.07, 6.45) is 0. The van der Waals surface area contributed by atoms with Gasteiger partial charge in [-0.3, -0.25) is 0 Å². The lowest BCUT2D eigenvalue weighted by molar-refractivity contribution is 0.306. The van der Waals surface area contributed by atoms with Crippen molar-refractivity contribution in [3.8, 4) is 5.75 Å². The Hall–Kier alpha value is -2.00. The van der Waals surface area contributed by atoms with Crippen LogP contribution in [-0.4, -0.2) is 14.1 Å². The van der Waals surface area contributed by atoms with Gasteiger partial charge >= 0.3 is 0 Å². The average molecular weight is 256 g/mol. The lowest BCUT2D eigenvalue weighted by Gasteiger charge is -2.13. The third kappa shape index (κ3) is 3.73. The van der Waals surface area contributed by atoms with Gasteiger partial charge in [-0.05, 0) is 35.4 Å². The smallest absolute Gasteiger partial charge is 0.120 e. The van der Waals surface area contributed by atoms with E-state index >= 15 is 0 Å². The maximum atomic E-state index is 5.77. The van der Waals surface area contributed by atoms with E-state index in [1.807, 2.05) is 38.4 Å². The van der Waals surface area contributed by atoms with Crippen LogP contribution in [0.3, 0.4) is 0 Å². The minimum absolute atomic E-state index is 0.536. The molecule has 0 heterocycles. The summed E-state index contributed by atoms with van der Waals surface area (Å²) in [5.74, 6) is 0.861. The largest absolute Gasteiger partial charge is 0.489 e. The van der Waals surface area contributed by atoms with Gasteiger partial charge in [0.15, 0.2) is 0 Å². The molecule has 0 saturated heterocycles. The van der Waals surface area contributed by atoms with E-state index in [4.69, 9.17) is 10.5 Å². The molecule has 2 aromatic rings. The van der Waals surface area contributed by atoms with E-state index in [0.29, 0.717) is 13.2 Å². The highest BCUT2D eigenvalue weighted by Crippen LogP contribution is 2.16. The molecule has 2 aromatic carbocycles. The quantitative estimate of drug-likeness (QED) is 0.894. The zero-order valence-electron chi connectivity index (χ0n) is 11.5. The number of benzene rings is 2. The first-order valence-corrected chi connectivity index (χ1v) is 6.37. The summed E-state index contributed by atoms with van der Waals surface area (Å²) < 4.78 is 5.77. The van der Waals surface area contributed by atoms with E-state index in [0.717, 1.165) is 16.9 Å². The van der Waals surface area contributed by atoms with E-state index in [-0.39, 0.29) is 0 Å². The number of rotatable bonds is 5. The van der Waals surface area contributed by atoms with Gasteiger partial charge in [-0.2, -0.15) is 0 Å². The maximum Gasteiger partial charge on any atom is 0.120 e.